The number of ether oxygens (including phenoxy) is 2. The summed E-state index contributed by atoms with van der Waals surface area (Å²) in [5, 5.41) is 3.05. The molecule has 7 heteroatoms. The first kappa shape index (κ1) is 16.1. The van der Waals surface area contributed by atoms with Crippen LogP contribution in [0.2, 0.25) is 0 Å². The van der Waals surface area contributed by atoms with Crippen LogP contribution in [0.1, 0.15) is 24.6 Å². The van der Waals surface area contributed by atoms with Crippen molar-refractivity contribution in [2.75, 3.05) is 18.5 Å². The molecule has 0 radical (unpaired) electrons. The number of guanidine groups is 1. The van der Waals surface area contributed by atoms with Gasteiger partial charge in [0.15, 0.2) is 12.1 Å². The number of fused-ring (bicyclic) bond motifs is 3. The van der Waals surface area contributed by atoms with Crippen molar-refractivity contribution >= 4 is 22.9 Å². The average molecular weight is 363 g/mol. The summed E-state index contributed by atoms with van der Waals surface area (Å²) < 4.78 is 13.5. The third kappa shape index (κ3) is 3.00. The van der Waals surface area contributed by atoms with E-state index in [1.54, 1.807) is 0 Å². The maximum absolute atomic E-state index is 5.99. The van der Waals surface area contributed by atoms with Gasteiger partial charge in [-0.25, -0.2) is 9.98 Å². The van der Waals surface area contributed by atoms with E-state index in [1.165, 1.54) is 0 Å². The minimum atomic E-state index is -0.263. The Kier molecular flexibility index (Phi) is 3.94. The van der Waals surface area contributed by atoms with Crippen LogP contribution in [0.15, 0.2) is 53.5 Å². The Hall–Kier alpha value is -3.06. The molecular weight excluding hydrogens is 342 g/mol. The summed E-state index contributed by atoms with van der Waals surface area (Å²) in [6.07, 6.45) is 2.13. The fraction of sp³-hybridized carbons (Fsp3) is 0.300. The lowest BCUT2D eigenvalue weighted by molar-refractivity contribution is 0.0679. The van der Waals surface area contributed by atoms with E-state index in [9.17, 15) is 0 Å². The second-order valence-electron chi connectivity index (χ2n) is 6.82. The summed E-state index contributed by atoms with van der Waals surface area (Å²) in [5.41, 5.74) is 8.94. The van der Waals surface area contributed by atoms with E-state index in [0.717, 1.165) is 41.8 Å². The molecule has 2 aliphatic heterocycles. The molecule has 138 valence electrons. The number of anilines is 1. The van der Waals surface area contributed by atoms with Crippen LogP contribution in [-0.2, 0) is 4.74 Å². The van der Waals surface area contributed by atoms with Crippen LogP contribution >= 0.6 is 0 Å². The molecule has 0 aliphatic carbocycles. The van der Waals surface area contributed by atoms with Gasteiger partial charge in [-0.15, -0.1) is 0 Å². The summed E-state index contributed by atoms with van der Waals surface area (Å²) in [4.78, 5) is 9.22. The van der Waals surface area contributed by atoms with Gasteiger partial charge in [-0.2, -0.15) is 0 Å². The van der Waals surface area contributed by atoms with Crippen LogP contribution in [0.3, 0.4) is 0 Å². The van der Waals surface area contributed by atoms with Gasteiger partial charge in [0.05, 0.1) is 17.1 Å². The highest BCUT2D eigenvalue weighted by atomic mass is 16.5. The van der Waals surface area contributed by atoms with Crippen LogP contribution in [-0.4, -0.2) is 34.8 Å². The second kappa shape index (κ2) is 6.59. The lowest BCUT2D eigenvalue weighted by Crippen LogP contribution is -2.31. The predicted molar refractivity (Wildman–Crippen MR) is 104 cm³/mol. The molecule has 0 bridgehead atoms. The van der Waals surface area contributed by atoms with E-state index in [4.69, 9.17) is 15.2 Å². The second-order valence-corrected chi connectivity index (χ2v) is 6.82. The number of hydrogen-bond acceptors (Lipinski definition) is 6. The van der Waals surface area contributed by atoms with Crippen LogP contribution in [0, 0.1) is 0 Å². The maximum atomic E-state index is 5.99. The number of para-hydroxylation sites is 2. The molecule has 2 atom stereocenters. The number of nitrogens with zero attached hydrogens (tertiary/aromatic N) is 3. The molecule has 5 rings (SSSR count). The molecule has 27 heavy (non-hydrogen) atoms. The third-order valence-electron chi connectivity index (χ3n) is 4.98. The number of hydrogen-bond donors (Lipinski definition) is 2. The van der Waals surface area contributed by atoms with Gasteiger partial charge in [-0.3, -0.25) is 9.88 Å². The highest BCUT2D eigenvalue weighted by Crippen LogP contribution is 2.32. The standard InChI is InChI=1S/C20H21N5O2/c21-19-23-18(25-17-6-2-1-5-16(17)22-20(25)24-19)13-7-9-14(10-8-13)27-12-15-4-3-11-26-15/h1-2,5-10,15,18H,3-4,11-12H2,(H3,21,22,23,24). The molecule has 2 aliphatic rings. The Morgan fingerprint density at radius 1 is 1.19 bits per heavy atom. The van der Waals surface area contributed by atoms with E-state index in [0.29, 0.717) is 18.5 Å². The maximum Gasteiger partial charge on any atom is 0.212 e. The molecule has 2 aromatic carbocycles. The van der Waals surface area contributed by atoms with Crippen molar-refractivity contribution in [1.82, 2.24) is 9.55 Å². The molecule has 0 amide bonds. The van der Waals surface area contributed by atoms with Crippen LogP contribution in [0.25, 0.3) is 11.0 Å². The average Bonchev–Trinajstić information content (AvgIpc) is 3.33. The monoisotopic (exact) mass is 363 g/mol. The van der Waals surface area contributed by atoms with E-state index in [2.05, 4.69) is 19.9 Å². The van der Waals surface area contributed by atoms with Crippen molar-refractivity contribution in [3.8, 4) is 5.75 Å². The Morgan fingerprint density at radius 3 is 2.85 bits per heavy atom. The summed E-state index contributed by atoms with van der Waals surface area (Å²) in [6.45, 7) is 1.43. The van der Waals surface area contributed by atoms with Gasteiger partial charge >= 0.3 is 0 Å². The summed E-state index contributed by atoms with van der Waals surface area (Å²) in [7, 11) is 0. The minimum Gasteiger partial charge on any atom is -0.491 e. The lowest BCUT2D eigenvalue weighted by atomic mass is 10.1. The van der Waals surface area contributed by atoms with Gasteiger partial charge in [0, 0.05) is 6.61 Å². The van der Waals surface area contributed by atoms with E-state index < -0.39 is 0 Å². The molecular formula is C20H21N5O2. The molecule has 1 fully saturated rings. The van der Waals surface area contributed by atoms with E-state index >= 15 is 0 Å². The van der Waals surface area contributed by atoms with Crippen LogP contribution < -0.4 is 15.8 Å². The zero-order valence-corrected chi connectivity index (χ0v) is 14.8. The van der Waals surface area contributed by atoms with Gasteiger partial charge in [-0.05, 0) is 42.7 Å². The minimum absolute atomic E-state index is 0.207. The Morgan fingerprint density at radius 2 is 2.04 bits per heavy atom. The number of aromatic nitrogens is 2. The zero-order valence-electron chi connectivity index (χ0n) is 14.8. The number of nitrogens with two attached hydrogens (primary N) is 1. The first-order chi connectivity index (χ1) is 13.3. The van der Waals surface area contributed by atoms with E-state index in [1.807, 2.05) is 48.5 Å². The lowest BCUT2D eigenvalue weighted by Gasteiger charge is -2.24. The first-order valence-electron chi connectivity index (χ1n) is 9.19. The quantitative estimate of drug-likeness (QED) is 0.744. The fourth-order valence-corrected chi connectivity index (χ4v) is 3.64. The van der Waals surface area contributed by atoms with E-state index in [-0.39, 0.29) is 12.3 Å². The number of aliphatic imine (C=N–C) groups is 1. The molecule has 1 saturated heterocycles. The number of rotatable bonds is 4. The van der Waals surface area contributed by atoms with Crippen molar-refractivity contribution in [3.63, 3.8) is 0 Å². The number of benzene rings is 2. The Bertz CT molecular complexity index is 989. The van der Waals surface area contributed by atoms with Crippen molar-refractivity contribution in [2.24, 2.45) is 10.7 Å². The first-order valence-corrected chi connectivity index (χ1v) is 9.19. The topological polar surface area (TPSA) is 86.7 Å². The smallest absolute Gasteiger partial charge is 0.212 e. The highest BCUT2D eigenvalue weighted by molar-refractivity contribution is 5.94. The molecule has 0 saturated carbocycles. The molecule has 7 nitrogen and oxygen atoms in total. The van der Waals surface area contributed by atoms with Gasteiger partial charge in [0.1, 0.15) is 12.4 Å². The highest BCUT2D eigenvalue weighted by Gasteiger charge is 2.25. The number of nitrogens with one attached hydrogen (secondary N) is 1. The van der Waals surface area contributed by atoms with Crippen LogP contribution in [0.4, 0.5) is 5.95 Å². The largest absolute Gasteiger partial charge is 0.491 e. The fourth-order valence-electron chi connectivity index (χ4n) is 3.64. The normalized spacial score (nSPS) is 21.6. The van der Waals surface area contributed by atoms with Crippen molar-refractivity contribution in [2.45, 2.75) is 25.1 Å². The van der Waals surface area contributed by atoms with Crippen molar-refractivity contribution in [3.05, 3.63) is 54.1 Å². The van der Waals surface area contributed by atoms with Crippen molar-refractivity contribution in [1.29, 1.82) is 0 Å². The molecule has 3 N–H and O–H groups in total. The van der Waals surface area contributed by atoms with Gasteiger partial charge < -0.3 is 15.2 Å². The van der Waals surface area contributed by atoms with Gasteiger partial charge in [-0.1, -0.05) is 24.3 Å². The Balaban J connectivity index is 1.43. The summed E-state index contributed by atoms with van der Waals surface area (Å²) >= 11 is 0. The molecule has 2 unspecified atom stereocenters. The molecule has 0 spiro atoms. The van der Waals surface area contributed by atoms with Gasteiger partial charge in [0.2, 0.25) is 5.95 Å². The SMILES string of the molecule is NC1=NC(c2ccc(OCC3CCCO3)cc2)n2c(nc3ccccc32)N1. The zero-order chi connectivity index (χ0) is 18.2. The number of imidazole rings is 1. The Labute approximate surface area is 156 Å². The molecule has 3 heterocycles. The third-order valence-corrected chi connectivity index (χ3v) is 4.98. The van der Waals surface area contributed by atoms with Gasteiger partial charge in [0.25, 0.3) is 0 Å². The van der Waals surface area contributed by atoms with Crippen LogP contribution in [0.5, 0.6) is 5.75 Å². The molecule has 1 aromatic heterocycles. The van der Waals surface area contributed by atoms with Crippen molar-refractivity contribution < 1.29 is 9.47 Å². The predicted octanol–water partition coefficient (Wildman–Crippen LogP) is 2.88. The summed E-state index contributed by atoms with van der Waals surface area (Å²) in [5.74, 6) is 1.89. The summed E-state index contributed by atoms with van der Waals surface area (Å²) in [6, 6.07) is 16.0. The molecule has 3 aromatic rings.